The molecule has 6 heteroatoms. The highest BCUT2D eigenvalue weighted by molar-refractivity contribution is 7.91. The van der Waals surface area contributed by atoms with Crippen molar-refractivity contribution in [2.75, 3.05) is 45.2 Å². The minimum absolute atomic E-state index is 0.105. The molecule has 2 aliphatic rings. The molecule has 0 saturated carbocycles. The van der Waals surface area contributed by atoms with Crippen molar-refractivity contribution in [3.8, 4) is 0 Å². The van der Waals surface area contributed by atoms with Gasteiger partial charge in [0.05, 0.1) is 11.5 Å². The lowest BCUT2D eigenvalue weighted by atomic mass is 9.87. The first kappa shape index (κ1) is 15.2. The topological polar surface area (TPSA) is 66.6 Å². The van der Waals surface area contributed by atoms with Crippen molar-refractivity contribution < 1.29 is 8.42 Å². The number of hydrogen-bond donors (Lipinski definition) is 1. The fraction of sp³-hybridized carbons (Fsp3) is 1.00. The molecule has 19 heavy (non-hydrogen) atoms. The summed E-state index contributed by atoms with van der Waals surface area (Å²) in [5.74, 6) is 0.586. The lowest BCUT2D eigenvalue weighted by molar-refractivity contribution is 0.0364. The van der Waals surface area contributed by atoms with Gasteiger partial charge < -0.3 is 10.6 Å². The molecule has 2 fully saturated rings. The van der Waals surface area contributed by atoms with Crippen LogP contribution in [0.25, 0.3) is 0 Å². The van der Waals surface area contributed by atoms with E-state index in [0.717, 1.165) is 25.9 Å². The van der Waals surface area contributed by atoms with Crippen LogP contribution in [0.3, 0.4) is 0 Å². The standard InChI is InChI=1S/C13H27N3O2S/c1-15-7-3-12(4-8-15)16(2)13(11-14)5-9-19(17,18)10-6-13/h12H,3-11,14H2,1-2H3. The van der Waals surface area contributed by atoms with Crippen LogP contribution in [0, 0.1) is 0 Å². The Bertz CT molecular complexity index is 388. The largest absolute Gasteiger partial charge is 0.329 e. The second-order valence-corrected chi connectivity index (χ2v) is 8.53. The second kappa shape index (κ2) is 5.68. The van der Waals surface area contributed by atoms with Crippen LogP contribution in [0.4, 0.5) is 0 Å². The summed E-state index contributed by atoms with van der Waals surface area (Å²) in [7, 11) is 1.47. The lowest BCUT2D eigenvalue weighted by Gasteiger charge is -2.49. The monoisotopic (exact) mass is 289 g/mol. The lowest BCUT2D eigenvalue weighted by Crippen LogP contribution is -2.60. The van der Waals surface area contributed by atoms with Crippen LogP contribution in [-0.4, -0.2) is 75.0 Å². The van der Waals surface area contributed by atoms with Gasteiger partial charge in [0.1, 0.15) is 9.84 Å². The highest BCUT2D eigenvalue weighted by atomic mass is 32.2. The van der Waals surface area contributed by atoms with E-state index in [1.165, 1.54) is 0 Å². The molecule has 0 radical (unpaired) electrons. The van der Waals surface area contributed by atoms with Crippen molar-refractivity contribution >= 4 is 9.84 Å². The van der Waals surface area contributed by atoms with E-state index in [4.69, 9.17) is 5.73 Å². The molecule has 2 aliphatic heterocycles. The maximum absolute atomic E-state index is 11.6. The fourth-order valence-electron chi connectivity index (χ4n) is 3.39. The van der Waals surface area contributed by atoms with Crippen LogP contribution in [-0.2, 0) is 9.84 Å². The van der Waals surface area contributed by atoms with Gasteiger partial charge in [0.15, 0.2) is 0 Å². The molecule has 0 aliphatic carbocycles. The first-order chi connectivity index (χ1) is 8.88. The van der Waals surface area contributed by atoms with Crippen LogP contribution in [0.5, 0.6) is 0 Å². The Morgan fingerprint density at radius 3 is 2.26 bits per heavy atom. The molecule has 112 valence electrons. The Balaban J connectivity index is 2.05. The summed E-state index contributed by atoms with van der Waals surface area (Å²) in [5, 5.41) is 0. The molecule has 0 atom stereocenters. The van der Waals surface area contributed by atoms with E-state index in [0.29, 0.717) is 36.9 Å². The van der Waals surface area contributed by atoms with Crippen molar-refractivity contribution in [1.82, 2.24) is 9.80 Å². The van der Waals surface area contributed by atoms with E-state index in [1.54, 1.807) is 0 Å². The van der Waals surface area contributed by atoms with Gasteiger partial charge in [-0.25, -0.2) is 8.42 Å². The molecule has 0 bridgehead atoms. The van der Waals surface area contributed by atoms with Crippen molar-refractivity contribution in [1.29, 1.82) is 0 Å². The van der Waals surface area contributed by atoms with Gasteiger partial charge in [0.25, 0.3) is 0 Å². The molecule has 0 unspecified atom stereocenters. The SMILES string of the molecule is CN1CCC(N(C)C2(CN)CCS(=O)(=O)CC2)CC1. The Kier molecular flexibility index (Phi) is 4.55. The minimum Gasteiger partial charge on any atom is -0.329 e. The Labute approximate surface area is 117 Å². The maximum Gasteiger partial charge on any atom is 0.150 e. The molecule has 2 N–H and O–H groups in total. The summed E-state index contributed by atoms with van der Waals surface area (Å²) >= 11 is 0. The number of nitrogens with two attached hydrogens (primary N) is 1. The fourth-order valence-corrected chi connectivity index (χ4v) is 4.97. The van der Waals surface area contributed by atoms with Gasteiger partial charge in [0.2, 0.25) is 0 Å². The summed E-state index contributed by atoms with van der Waals surface area (Å²) in [6.07, 6.45) is 3.69. The van der Waals surface area contributed by atoms with E-state index in [9.17, 15) is 8.42 Å². The van der Waals surface area contributed by atoms with Gasteiger partial charge in [-0.1, -0.05) is 0 Å². The number of piperidine rings is 1. The zero-order valence-corrected chi connectivity index (χ0v) is 13.0. The highest BCUT2D eigenvalue weighted by Crippen LogP contribution is 2.32. The minimum atomic E-state index is -2.83. The first-order valence-corrected chi connectivity index (χ1v) is 9.03. The molecule has 2 rings (SSSR count). The molecular weight excluding hydrogens is 262 g/mol. The van der Waals surface area contributed by atoms with E-state index >= 15 is 0 Å². The predicted molar refractivity (Wildman–Crippen MR) is 78.0 cm³/mol. The van der Waals surface area contributed by atoms with Gasteiger partial charge in [-0.2, -0.15) is 0 Å². The molecule has 0 aromatic carbocycles. The number of hydrogen-bond acceptors (Lipinski definition) is 5. The number of likely N-dealkylation sites (N-methyl/N-ethyl adjacent to an activating group) is 1. The van der Waals surface area contributed by atoms with Crippen molar-refractivity contribution in [2.45, 2.75) is 37.3 Å². The predicted octanol–water partition coefficient (Wildman–Crippen LogP) is -0.0815. The van der Waals surface area contributed by atoms with Crippen LogP contribution >= 0.6 is 0 Å². The van der Waals surface area contributed by atoms with E-state index < -0.39 is 9.84 Å². The number of likely N-dealkylation sites (tertiary alicyclic amines) is 1. The third-order valence-electron chi connectivity index (χ3n) is 5.12. The van der Waals surface area contributed by atoms with E-state index in [1.807, 2.05) is 0 Å². The number of rotatable bonds is 3. The average Bonchev–Trinajstić information content (AvgIpc) is 2.40. The maximum atomic E-state index is 11.6. The zero-order chi connectivity index (χ0) is 14.1. The summed E-state index contributed by atoms with van der Waals surface area (Å²) in [6, 6.07) is 0.542. The third kappa shape index (κ3) is 3.29. The summed E-state index contributed by atoms with van der Waals surface area (Å²) in [6.45, 7) is 2.80. The molecule has 2 saturated heterocycles. The molecule has 0 aromatic rings. The molecule has 0 spiro atoms. The molecular formula is C13H27N3O2S. The van der Waals surface area contributed by atoms with Crippen molar-refractivity contribution in [3.63, 3.8) is 0 Å². The second-order valence-electron chi connectivity index (χ2n) is 6.23. The van der Waals surface area contributed by atoms with Gasteiger partial charge >= 0.3 is 0 Å². The average molecular weight is 289 g/mol. The van der Waals surface area contributed by atoms with Crippen LogP contribution in [0.15, 0.2) is 0 Å². The van der Waals surface area contributed by atoms with Crippen LogP contribution in [0.1, 0.15) is 25.7 Å². The Hall–Kier alpha value is -0.170. The normalized spacial score (nSPS) is 28.6. The summed E-state index contributed by atoms with van der Waals surface area (Å²) < 4.78 is 23.3. The van der Waals surface area contributed by atoms with Crippen molar-refractivity contribution in [3.05, 3.63) is 0 Å². The molecule has 5 nitrogen and oxygen atoms in total. The Morgan fingerprint density at radius 1 is 1.26 bits per heavy atom. The summed E-state index contributed by atoms with van der Waals surface area (Å²) in [5.41, 5.74) is 5.91. The summed E-state index contributed by atoms with van der Waals surface area (Å²) in [4.78, 5) is 4.75. The van der Waals surface area contributed by atoms with Crippen LogP contribution in [0.2, 0.25) is 0 Å². The van der Waals surface area contributed by atoms with E-state index in [2.05, 4.69) is 23.9 Å². The number of sulfone groups is 1. The number of nitrogens with zero attached hydrogens (tertiary/aromatic N) is 2. The molecule has 0 amide bonds. The highest BCUT2D eigenvalue weighted by Gasteiger charge is 2.42. The Morgan fingerprint density at radius 2 is 1.79 bits per heavy atom. The molecule has 0 aromatic heterocycles. The van der Waals surface area contributed by atoms with Gasteiger partial charge in [-0.05, 0) is 52.9 Å². The smallest absolute Gasteiger partial charge is 0.150 e. The van der Waals surface area contributed by atoms with Gasteiger partial charge in [-0.3, -0.25) is 4.90 Å². The third-order valence-corrected chi connectivity index (χ3v) is 6.77. The van der Waals surface area contributed by atoms with Crippen molar-refractivity contribution in [2.24, 2.45) is 5.73 Å². The zero-order valence-electron chi connectivity index (χ0n) is 12.1. The first-order valence-electron chi connectivity index (χ1n) is 7.20. The van der Waals surface area contributed by atoms with Crippen LogP contribution < -0.4 is 5.73 Å². The molecule has 2 heterocycles. The quantitative estimate of drug-likeness (QED) is 0.787. The van der Waals surface area contributed by atoms with E-state index in [-0.39, 0.29) is 5.54 Å². The van der Waals surface area contributed by atoms with Gasteiger partial charge in [0, 0.05) is 18.1 Å². The van der Waals surface area contributed by atoms with Gasteiger partial charge in [-0.15, -0.1) is 0 Å².